The lowest BCUT2D eigenvalue weighted by Crippen LogP contribution is -2.35. The molecular formula is C14H19ClN4S. The molecule has 0 aliphatic rings. The molecule has 1 aromatic carbocycles. The van der Waals surface area contributed by atoms with Crippen molar-refractivity contribution in [1.29, 1.82) is 0 Å². The molecule has 0 aliphatic heterocycles. The summed E-state index contributed by atoms with van der Waals surface area (Å²) < 4.78 is 1.74. The van der Waals surface area contributed by atoms with E-state index in [1.807, 2.05) is 13.1 Å². The minimum atomic E-state index is 0.0788. The van der Waals surface area contributed by atoms with Crippen LogP contribution in [-0.2, 0) is 13.6 Å². The molecule has 0 atom stereocenters. The van der Waals surface area contributed by atoms with Gasteiger partial charge in [0.2, 0.25) is 0 Å². The smallest absolute Gasteiger partial charge is 0.190 e. The minimum Gasteiger partial charge on any atom is -0.308 e. The van der Waals surface area contributed by atoms with Gasteiger partial charge in [-0.05, 0) is 38.5 Å². The molecule has 2 rings (SSSR count). The van der Waals surface area contributed by atoms with Crippen LogP contribution in [0.3, 0.4) is 0 Å². The van der Waals surface area contributed by atoms with Gasteiger partial charge in [0.25, 0.3) is 0 Å². The highest BCUT2D eigenvalue weighted by Gasteiger charge is 2.11. The van der Waals surface area contributed by atoms with Crippen LogP contribution in [0.15, 0.2) is 34.6 Å². The zero-order valence-corrected chi connectivity index (χ0v) is 13.7. The van der Waals surface area contributed by atoms with Crippen LogP contribution in [0.4, 0.5) is 0 Å². The molecule has 20 heavy (non-hydrogen) atoms. The number of hydrogen-bond acceptors (Lipinski definition) is 4. The summed E-state index contributed by atoms with van der Waals surface area (Å²) in [5.41, 5.74) is 1.18. The lowest BCUT2D eigenvalue weighted by atomic mass is 10.1. The molecule has 0 amide bonds. The Morgan fingerprint density at radius 3 is 2.65 bits per heavy atom. The number of benzene rings is 1. The molecule has 4 nitrogen and oxygen atoms in total. The summed E-state index contributed by atoms with van der Waals surface area (Å²) in [5, 5.41) is 9.11. The van der Waals surface area contributed by atoms with E-state index in [0.29, 0.717) is 0 Å². The molecule has 108 valence electrons. The van der Waals surface area contributed by atoms with Gasteiger partial charge < -0.3 is 5.32 Å². The first-order valence-electron chi connectivity index (χ1n) is 6.40. The highest BCUT2D eigenvalue weighted by Crippen LogP contribution is 2.29. The highest BCUT2D eigenvalue weighted by molar-refractivity contribution is 7.99. The minimum absolute atomic E-state index is 0.0788. The fourth-order valence-electron chi connectivity index (χ4n) is 1.58. The summed E-state index contributed by atoms with van der Waals surface area (Å²) in [4.78, 5) is 5.25. The van der Waals surface area contributed by atoms with Gasteiger partial charge in [-0.15, -0.1) is 0 Å². The second-order valence-electron chi connectivity index (χ2n) is 5.63. The van der Waals surface area contributed by atoms with E-state index in [0.717, 1.165) is 27.2 Å². The summed E-state index contributed by atoms with van der Waals surface area (Å²) in [7, 11) is 1.87. The fourth-order valence-corrected chi connectivity index (χ4v) is 2.69. The average Bonchev–Trinajstić information content (AvgIpc) is 2.73. The van der Waals surface area contributed by atoms with Gasteiger partial charge in [0.05, 0.1) is 0 Å². The van der Waals surface area contributed by atoms with Crippen LogP contribution in [0.2, 0.25) is 5.02 Å². The first-order valence-corrected chi connectivity index (χ1v) is 7.60. The SMILES string of the molecule is Cn1ncnc1Sc1ccc(CNC(C)(C)C)c(Cl)c1. The average molecular weight is 311 g/mol. The summed E-state index contributed by atoms with van der Waals surface area (Å²) >= 11 is 7.89. The zero-order valence-electron chi connectivity index (χ0n) is 12.1. The first kappa shape index (κ1) is 15.4. The van der Waals surface area contributed by atoms with Crippen LogP contribution in [0.1, 0.15) is 26.3 Å². The van der Waals surface area contributed by atoms with Gasteiger partial charge in [0.1, 0.15) is 6.33 Å². The molecule has 1 heterocycles. The largest absolute Gasteiger partial charge is 0.308 e. The number of hydrogen-bond donors (Lipinski definition) is 1. The maximum absolute atomic E-state index is 6.34. The Morgan fingerprint density at radius 1 is 1.35 bits per heavy atom. The molecule has 0 spiro atoms. The highest BCUT2D eigenvalue weighted by atomic mass is 35.5. The zero-order chi connectivity index (χ0) is 14.8. The summed E-state index contributed by atoms with van der Waals surface area (Å²) in [6.45, 7) is 7.18. The Morgan fingerprint density at radius 2 is 2.10 bits per heavy atom. The molecule has 2 aromatic rings. The van der Waals surface area contributed by atoms with E-state index in [-0.39, 0.29) is 5.54 Å². The van der Waals surface area contributed by atoms with Gasteiger partial charge in [0, 0.05) is 29.0 Å². The third kappa shape index (κ3) is 4.23. The maximum atomic E-state index is 6.34. The monoisotopic (exact) mass is 310 g/mol. The van der Waals surface area contributed by atoms with E-state index >= 15 is 0 Å². The van der Waals surface area contributed by atoms with Gasteiger partial charge in [-0.1, -0.05) is 29.4 Å². The lowest BCUT2D eigenvalue weighted by Gasteiger charge is -2.21. The van der Waals surface area contributed by atoms with Crippen LogP contribution in [-0.4, -0.2) is 20.3 Å². The van der Waals surface area contributed by atoms with Crippen molar-refractivity contribution in [2.45, 2.75) is 42.9 Å². The summed E-state index contributed by atoms with van der Waals surface area (Å²) in [6, 6.07) is 6.09. The van der Waals surface area contributed by atoms with Gasteiger partial charge in [-0.25, -0.2) is 9.67 Å². The number of rotatable bonds is 4. The molecule has 0 radical (unpaired) electrons. The molecule has 0 aliphatic carbocycles. The Bertz CT molecular complexity index is 589. The van der Waals surface area contributed by atoms with E-state index in [1.165, 1.54) is 0 Å². The van der Waals surface area contributed by atoms with E-state index < -0.39 is 0 Å². The van der Waals surface area contributed by atoms with Gasteiger partial charge in [-0.3, -0.25) is 0 Å². The third-order valence-electron chi connectivity index (χ3n) is 2.71. The summed E-state index contributed by atoms with van der Waals surface area (Å²) in [5.74, 6) is 0. The topological polar surface area (TPSA) is 42.7 Å². The van der Waals surface area contributed by atoms with Crippen molar-refractivity contribution in [1.82, 2.24) is 20.1 Å². The number of halogens is 1. The Kier molecular flexibility index (Phi) is 4.73. The van der Waals surface area contributed by atoms with E-state index in [4.69, 9.17) is 11.6 Å². The molecule has 0 saturated carbocycles. The van der Waals surface area contributed by atoms with Crippen molar-refractivity contribution in [3.63, 3.8) is 0 Å². The Labute approximate surface area is 128 Å². The molecular weight excluding hydrogens is 292 g/mol. The lowest BCUT2D eigenvalue weighted by molar-refractivity contribution is 0.424. The summed E-state index contributed by atoms with van der Waals surface area (Å²) in [6.07, 6.45) is 1.55. The third-order valence-corrected chi connectivity index (χ3v) is 4.11. The van der Waals surface area contributed by atoms with Crippen LogP contribution in [0.5, 0.6) is 0 Å². The molecule has 0 saturated heterocycles. The van der Waals surface area contributed by atoms with E-state index in [2.05, 4.69) is 48.3 Å². The molecule has 6 heteroatoms. The number of aryl methyl sites for hydroxylation is 1. The van der Waals surface area contributed by atoms with Crippen molar-refractivity contribution in [2.24, 2.45) is 7.05 Å². The number of nitrogens with one attached hydrogen (secondary N) is 1. The number of nitrogens with zero attached hydrogens (tertiary/aromatic N) is 3. The van der Waals surface area contributed by atoms with Crippen LogP contribution < -0.4 is 5.32 Å². The number of aromatic nitrogens is 3. The van der Waals surface area contributed by atoms with Crippen LogP contribution in [0.25, 0.3) is 0 Å². The second kappa shape index (κ2) is 6.16. The van der Waals surface area contributed by atoms with Crippen molar-refractivity contribution < 1.29 is 0 Å². The van der Waals surface area contributed by atoms with Crippen molar-refractivity contribution in [2.75, 3.05) is 0 Å². The Hall–Kier alpha value is -1.04. The van der Waals surface area contributed by atoms with Crippen LogP contribution >= 0.6 is 23.4 Å². The Balaban J connectivity index is 2.08. The van der Waals surface area contributed by atoms with E-state index in [9.17, 15) is 0 Å². The molecule has 0 unspecified atom stereocenters. The molecule has 0 fully saturated rings. The first-order chi connectivity index (χ1) is 9.35. The molecule has 1 N–H and O–H groups in total. The standard InChI is InChI=1S/C14H19ClN4S/c1-14(2,3)17-8-10-5-6-11(7-12(10)15)20-13-16-9-18-19(13)4/h5-7,9,17H,8H2,1-4H3. The predicted octanol–water partition coefficient (Wildman–Crippen LogP) is 3.51. The van der Waals surface area contributed by atoms with Gasteiger partial charge in [0.15, 0.2) is 5.16 Å². The van der Waals surface area contributed by atoms with Gasteiger partial charge in [-0.2, -0.15) is 5.10 Å². The van der Waals surface area contributed by atoms with E-state index in [1.54, 1.807) is 22.8 Å². The van der Waals surface area contributed by atoms with Gasteiger partial charge >= 0.3 is 0 Å². The molecule has 1 aromatic heterocycles. The maximum Gasteiger partial charge on any atom is 0.190 e. The normalized spacial score (nSPS) is 11.8. The van der Waals surface area contributed by atoms with Crippen molar-refractivity contribution >= 4 is 23.4 Å². The van der Waals surface area contributed by atoms with Crippen LogP contribution in [0, 0.1) is 0 Å². The quantitative estimate of drug-likeness (QED) is 0.938. The predicted molar refractivity (Wildman–Crippen MR) is 83.2 cm³/mol. The van der Waals surface area contributed by atoms with Crippen molar-refractivity contribution in [3.05, 3.63) is 35.1 Å². The van der Waals surface area contributed by atoms with Crippen molar-refractivity contribution in [3.8, 4) is 0 Å². The second-order valence-corrected chi connectivity index (χ2v) is 7.07. The molecule has 0 bridgehead atoms. The fraction of sp³-hybridized carbons (Fsp3) is 0.429.